The third-order valence-corrected chi connectivity index (χ3v) is 4.49. The second kappa shape index (κ2) is 3.19. The fourth-order valence-electron chi connectivity index (χ4n) is 1.05. The lowest BCUT2D eigenvalue weighted by Gasteiger charge is -2.01. The molecule has 0 spiro atoms. The predicted molar refractivity (Wildman–Crippen MR) is 46.5 cm³/mol. The summed E-state index contributed by atoms with van der Waals surface area (Å²) in [7, 11) is -2.49. The van der Waals surface area contributed by atoms with E-state index in [2.05, 4.69) is 5.09 Å². The van der Waals surface area contributed by atoms with Crippen LogP contribution in [-0.4, -0.2) is 23.0 Å². The maximum atomic E-state index is 11.5. The summed E-state index contributed by atoms with van der Waals surface area (Å²) in [6.07, 6.45) is 1.34. The first-order valence-electron chi connectivity index (χ1n) is 4.05. The van der Waals surface area contributed by atoms with Crippen LogP contribution >= 0.6 is 7.29 Å². The van der Waals surface area contributed by atoms with E-state index in [1.807, 2.05) is 13.8 Å². The molecule has 1 aliphatic heterocycles. The molecule has 0 aromatic heterocycles. The second-order valence-electron chi connectivity index (χ2n) is 3.57. The van der Waals surface area contributed by atoms with Crippen LogP contribution in [0.2, 0.25) is 0 Å². The Hall–Kier alpha value is -0.340. The molecule has 1 fully saturated rings. The predicted octanol–water partition coefficient (Wildman–Crippen LogP) is 1.32. The Bertz CT molecular complexity index is 239. The first-order valence-corrected chi connectivity index (χ1v) is 6.01. The quantitative estimate of drug-likeness (QED) is 0.519. The van der Waals surface area contributed by atoms with E-state index in [0.29, 0.717) is 12.1 Å². The standard InChI is InChI=1S/C7H14NO3P/c1-5(2)3-4-12(11)6(8-12)7(9)10/h5-6H,3-4H2,1-2H3,(H,8,11)(H,9,10). The minimum absolute atomic E-state index is 0.479. The van der Waals surface area contributed by atoms with Crippen LogP contribution in [0.1, 0.15) is 20.3 Å². The van der Waals surface area contributed by atoms with E-state index in [4.69, 9.17) is 5.11 Å². The van der Waals surface area contributed by atoms with Crippen LogP contribution in [0.5, 0.6) is 0 Å². The maximum absolute atomic E-state index is 11.5. The molecule has 0 aromatic rings. The number of carboxylic acid groups (broad SMARTS) is 1. The fraction of sp³-hybridized carbons (Fsp3) is 0.857. The van der Waals surface area contributed by atoms with Crippen molar-refractivity contribution in [2.75, 3.05) is 6.16 Å². The van der Waals surface area contributed by atoms with Gasteiger partial charge in [-0.3, -0.25) is 0 Å². The zero-order valence-corrected chi connectivity index (χ0v) is 8.17. The number of nitrogens with one attached hydrogen (secondary N) is 1. The maximum Gasteiger partial charge on any atom is 0.330 e. The van der Waals surface area contributed by atoms with Crippen molar-refractivity contribution in [3.63, 3.8) is 0 Å². The highest BCUT2D eigenvalue weighted by atomic mass is 31.2. The van der Waals surface area contributed by atoms with Gasteiger partial charge in [0.05, 0.1) is 0 Å². The molecule has 0 aliphatic carbocycles. The van der Waals surface area contributed by atoms with Gasteiger partial charge in [0, 0.05) is 6.16 Å². The minimum Gasteiger partial charge on any atom is -0.480 e. The van der Waals surface area contributed by atoms with Gasteiger partial charge in [-0.15, -0.1) is 0 Å². The lowest BCUT2D eigenvalue weighted by molar-refractivity contribution is -0.135. The SMILES string of the molecule is CC(C)CCP1(=O)NC1C(=O)O. The van der Waals surface area contributed by atoms with Crippen LogP contribution < -0.4 is 5.09 Å². The normalized spacial score (nSPS) is 33.8. The van der Waals surface area contributed by atoms with Crippen molar-refractivity contribution in [1.82, 2.24) is 5.09 Å². The Morgan fingerprint density at radius 3 is 2.58 bits per heavy atom. The monoisotopic (exact) mass is 191 g/mol. The van der Waals surface area contributed by atoms with Crippen molar-refractivity contribution < 1.29 is 14.5 Å². The minimum atomic E-state index is -2.49. The number of carbonyl (C=O) groups is 1. The molecule has 70 valence electrons. The Morgan fingerprint density at radius 2 is 2.25 bits per heavy atom. The molecule has 0 bridgehead atoms. The van der Waals surface area contributed by atoms with Gasteiger partial charge in [-0.1, -0.05) is 13.8 Å². The van der Waals surface area contributed by atoms with E-state index in [1.54, 1.807) is 0 Å². The summed E-state index contributed by atoms with van der Waals surface area (Å²) in [5.41, 5.74) is 0. The molecule has 2 N–H and O–H groups in total. The van der Waals surface area contributed by atoms with Gasteiger partial charge >= 0.3 is 5.97 Å². The van der Waals surface area contributed by atoms with Crippen molar-refractivity contribution >= 4 is 13.3 Å². The largest absolute Gasteiger partial charge is 0.480 e. The lowest BCUT2D eigenvalue weighted by atomic mass is 10.2. The molecule has 0 amide bonds. The molecule has 0 radical (unpaired) electrons. The average molecular weight is 191 g/mol. The highest BCUT2D eigenvalue weighted by molar-refractivity contribution is 7.70. The fourth-order valence-corrected chi connectivity index (χ4v) is 3.54. The molecule has 4 nitrogen and oxygen atoms in total. The highest BCUT2D eigenvalue weighted by Gasteiger charge is 2.53. The van der Waals surface area contributed by atoms with Crippen molar-refractivity contribution in [3.05, 3.63) is 0 Å². The number of hydrogen-bond acceptors (Lipinski definition) is 2. The van der Waals surface area contributed by atoms with Crippen LogP contribution in [0, 0.1) is 5.92 Å². The summed E-state index contributed by atoms with van der Waals surface area (Å²) in [4.78, 5) is 10.4. The molecule has 2 atom stereocenters. The molecule has 0 aromatic carbocycles. The smallest absolute Gasteiger partial charge is 0.330 e. The van der Waals surface area contributed by atoms with Gasteiger partial charge in [0.25, 0.3) is 0 Å². The zero-order valence-electron chi connectivity index (χ0n) is 7.28. The number of aliphatic carboxylic acids is 1. The summed E-state index contributed by atoms with van der Waals surface area (Å²) in [5.74, 6) is -1.26. The van der Waals surface area contributed by atoms with E-state index in [0.717, 1.165) is 6.42 Å². The molecule has 1 rings (SSSR count). The molecule has 12 heavy (non-hydrogen) atoms. The molecular formula is C7H14NO3P. The van der Waals surface area contributed by atoms with Gasteiger partial charge in [-0.05, 0) is 12.3 Å². The molecule has 0 saturated carbocycles. The lowest BCUT2D eigenvalue weighted by Crippen LogP contribution is -2.06. The second-order valence-corrected chi connectivity index (χ2v) is 6.38. The molecule has 1 heterocycles. The number of rotatable bonds is 4. The topological polar surface area (TPSA) is 76.3 Å². The van der Waals surface area contributed by atoms with Gasteiger partial charge in [-0.25, -0.2) is 9.88 Å². The third kappa shape index (κ3) is 2.08. The zero-order chi connectivity index (χ0) is 9.35. The van der Waals surface area contributed by atoms with Gasteiger partial charge in [-0.2, -0.15) is 0 Å². The van der Waals surface area contributed by atoms with Crippen molar-refractivity contribution in [3.8, 4) is 0 Å². The summed E-state index contributed by atoms with van der Waals surface area (Å²) in [5, 5.41) is 11.1. The Labute approximate surface area is 71.8 Å². The van der Waals surface area contributed by atoms with Crippen LogP contribution in [0.4, 0.5) is 0 Å². The van der Waals surface area contributed by atoms with E-state index in [1.165, 1.54) is 0 Å². The van der Waals surface area contributed by atoms with E-state index < -0.39 is 19.0 Å². The van der Waals surface area contributed by atoms with Gasteiger partial charge in [0.1, 0.15) is 0 Å². The van der Waals surface area contributed by atoms with Crippen molar-refractivity contribution in [2.45, 2.75) is 26.1 Å². The van der Waals surface area contributed by atoms with Gasteiger partial charge < -0.3 is 9.67 Å². The molecule has 1 saturated heterocycles. The van der Waals surface area contributed by atoms with Crippen LogP contribution in [0.15, 0.2) is 0 Å². The number of hydrogen-bond donors (Lipinski definition) is 2. The van der Waals surface area contributed by atoms with Crippen LogP contribution in [0.25, 0.3) is 0 Å². The summed E-state index contributed by atoms with van der Waals surface area (Å²) in [6.45, 7) is 4.07. The molecule has 5 heteroatoms. The van der Waals surface area contributed by atoms with E-state index in [-0.39, 0.29) is 0 Å². The van der Waals surface area contributed by atoms with Crippen molar-refractivity contribution in [1.29, 1.82) is 0 Å². The summed E-state index contributed by atoms with van der Waals surface area (Å²) < 4.78 is 11.5. The Balaban J connectivity index is 2.36. The highest BCUT2D eigenvalue weighted by Crippen LogP contribution is 2.60. The van der Waals surface area contributed by atoms with E-state index in [9.17, 15) is 9.36 Å². The van der Waals surface area contributed by atoms with Crippen LogP contribution in [0.3, 0.4) is 0 Å². The van der Waals surface area contributed by atoms with Gasteiger partial charge in [0.15, 0.2) is 13.1 Å². The summed E-state index contributed by atoms with van der Waals surface area (Å²) >= 11 is 0. The Kier molecular flexibility index (Phi) is 2.59. The summed E-state index contributed by atoms with van der Waals surface area (Å²) in [6, 6.07) is 0. The van der Waals surface area contributed by atoms with E-state index >= 15 is 0 Å². The van der Waals surface area contributed by atoms with Crippen LogP contribution in [-0.2, 0) is 9.36 Å². The number of carboxylic acids is 1. The van der Waals surface area contributed by atoms with Crippen molar-refractivity contribution in [2.24, 2.45) is 5.92 Å². The Morgan fingerprint density at radius 1 is 1.67 bits per heavy atom. The molecular weight excluding hydrogens is 177 g/mol. The first-order chi connectivity index (χ1) is 5.46. The molecule has 2 unspecified atom stereocenters. The van der Waals surface area contributed by atoms with Gasteiger partial charge in [0.2, 0.25) is 0 Å². The first kappa shape index (κ1) is 9.75. The third-order valence-electron chi connectivity index (χ3n) is 1.96. The average Bonchev–Trinajstić information content (AvgIpc) is 2.60. The molecule has 1 aliphatic rings.